The van der Waals surface area contributed by atoms with Gasteiger partial charge in [-0.2, -0.15) is 0 Å². The molecule has 0 spiro atoms. The van der Waals surface area contributed by atoms with Gasteiger partial charge >= 0.3 is 0 Å². The molecule has 0 fully saturated rings. The molecule has 0 radical (unpaired) electrons. The summed E-state index contributed by atoms with van der Waals surface area (Å²) in [7, 11) is 0. The first-order valence-electron chi connectivity index (χ1n) is 5.68. The smallest absolute Gasteiger partial charge is 0.213 e. The van der Waals surface area contributed by atoms with E-state index in [4.69, 9.17) is 15.9 Å². The number of rotatable bonds is 7. The summed E-state index contributed by atoms with van der Waals surface area (Å²) in [5, 5.41) is 7.26. The van der Waals surface area contributed by atoms with Crippen LogP contribution in [0.25, 0.3) is 0 Å². The van der Waals surface area contributed by atoms with E-state index in [-0.39, 0.29) is 5.84 Å². The van der Waals surface area contributed by atoms with E-state index in [0.717, 1.165) is 6.42 Å². The molecule has 1 rings (SSSR count). The molecule has 0 amide bonds. The molecule has 3 N–H and O–H groups in total. The SMILES string of the molecule is CCCCCCOc1cccc(C(=N)N)n1. The fraction of sp³-hybridized carbons (Fsp3) is 0.500. The second-order valence-electron chi connectivity index (χ2n) is 3.68. The van der Waals surface area contributed by atoms with Gasteiger partial charge in [0.1, 0.15) is 11.5 Å². The minimum atomic E-state index is -0.0311. The van der Waals surface area contributed by atoms with Gasteiger partial charge in [0.15, 0.2) is 0 Å². The quantitative estimate of drug-likeness (QED) is 0.421. The van der Waals surface area contributed by atoms with Crippen molar-refractivity contribution in [2.75, 3.05) is 6.61 Å². The van der Waals surface area contributed by atoms with Gasteiger partial charge in [-0.1, -0.05) is 32.3 Å². The van der Waals surface area contributed by atoms with Crippen LogP contribution in [-0.2, 0) is 0 Å². The number of nitrogens with zero attached hydrogens (tertiary/aromatic N) is 1. The van der Waals surface area contributed by atoms with Gasteiger partial charge in [0.25, 0.3) is 0 Å². The molecule has 0 aliphatic rings. The molecular formula is C12H19N3O. The fourth-order valence-corrected chi connectivity index (χ4v) is 1.35. The largest absolute Gasteiger partial charge is 0.478 e. The predicted molar refractivity (Wildman–Crippen MR) is 64.9 cm³/mol. The summed E-state index contributed by atoms with van der Waals surface area (Å²) >= 11 is 0. The first kappa shape index (κ1) is 12.5. The van der Waals surface area contributed by atoms with Crippen molar-refractivity contribution in [1.29, 1.82) is 5.41 Å². The Hall–Kier alpha value is -1.58. The number of nitrogen functional groups attached to an aromatic ring is 1. The van der Waals surface area contributed by atoms with Crippen molar-refractivity contribution in [3.05, 3.63) is 23.9 Å². The molecule has 16 heavy (non-hydrogen) atoms. The van der Waals surface area contributed by atoms with Crippen LogP contribution in [0.5, 0.6) is 5.88 Å². The van der Waals surface area contributed by atoms with Gasteiger partial charge in [0, 0.05) is 6.07 Å². The molecule has 1 aromatic heterocycles. The van der Waals surface area contributed by atoms with Crippen LogP contribution in [0.2, 0.25) is 0 Å². The normalized spacial score (nSPS) is 10.1. The van der Waals surface area contributed by atoms with Crippen molar-refractivity contribution in [3.8, 4) is 5.88 Å². The molecule has 0 saturated carbocycles. The molecule has 4 heteroatoms. The number of hydrogen-bond donors (Lipinski definition) is 2. The van der Waals surface area contributed by atoms with Crippen LogP contribution in [-0.4, -0.2) is 17.4 Å². The number of hydrogen-bond acceptors (Lipinski definition) is 3. The number of aromatic nitrogens is 1. The van der Waals surface area contributed by atoms with Gasteiger partial charge in [-0.25, -0.2) is 4.98 Å². The van der Waals surface area contributed by atoms with Crippen LogP contribution < -0.4 is 10.5 Å². The monoisotopic (exact) mass is 221 g/mol. The predicted octanol–water partition coefficient (Wildman–Crippen LogP) is 2.32. The first-order valence-corrected chi connectivity index (χ1v) is 5.68. The van der Waals surface area contributed by atoms with Crippen LogP contribution in [0, 0.1) is 5.41 Å². The van der Waals surface area contributed by atoms with Crippen molar-refractivity contribution in [3.63, 3.8) is 0 Å². The number of amidine groups is 1. The van der Waals surface area contributed by atoms with Gasteiger partial charge in [-0.3, -0.25) is 5.41 Å². The number of pyridine rings is 1. The van der Waals surface area contributed by atoms with Crippen molar-refractivity contribution in [1.82, 2.24) is 4.98 Å². The first-order chi connectivity index (χ1) is 7.74. The Labute approximate surface area is 96.3 Å². The summed E-state index contributed by atoms with van der Waals surface area (Å²) < 4.78 is 5.48. The van der Waals surface area contributed by atoms with Gasteiger partial charge in [0.05, 0.1) is 6.61 Å². The van der Waals surface area contributed by atoms with E-state index in [1.807, 2.05) is 0 Å². The number of unbranched alkanes of at least 4 members (excludes halogenated alkanes) is 3. The van der Waals surface area contributed by atoms with E-state index in [0.29, 0.717) is 18.2 Å². The number of nitrogens with one attached hydrogen (secondary N) is 1. The Bertz CT molecular complexity index is 339. The Morgan fingerprint density at radius 2 is 2.19 bits per heavy atom. The summed E-state index contributed by atoms with van der Waals surface area (Å²) in [6.45, 7) is 2.85. The zero-order valence-corrected chi connectivity index (χ0v) is 9.70. The van der Waals surface area contributed by atoms with Crippen molar-refractivity contribution in [2.24, 2.45) is 5.73 Å². The van der Waals surface area contributed by atoms with E-state index in [1.54, 1.807) is 18.2 Å². The molecule has 1 aromatic rings. The highest BCUT2D eigenvalue weighted by Gasteiger charge is 2.00. The third-order valence-corrected chi connectivity index (χ3v) is 2.25. The topological polar surface area (TPSA) is 72.0 Å². The van der Waals surface area contributed by atoms with Crippen LogP contribution in [0.3, 0.4) is 0 Å². The van der Waals surface area contributed by atoms with Crippen molar-refractivity contribution in [2.45, 2.75) is 32.6 Å². The van der Waals surface area contributed by atoms with Gasteiger partial charge in [-0.15, -0.1) is 0 Å². The maximum atomic E-state index is 7.26. The molecule has 0 aromatic carbocycles. The number of ether oxygens (including phenoxy) is 1. The Morgan fingerprint density at radius 3 is 2.88 bits per heavy atom. The Morgan fingerprint density at radius 1 is 1.38 bits per heavy atom. The molecule has 0 atom stereocenters. The maximum Gasteiger partial charge on any atom is 0.213 e. The van der Waals surface area contributed by atoms with Gasteiger partial charge < -0.3 is 10.5 Å². The van der Waals surface area contributed by atoms with E-state index < -0.39 is 0 Å². The van der Waals surface area contributed by atoms with Gasteiger partial charge in [0.2, 0.25) is 5.88 Å². The summed E-state index contributed by atoms with van der Waals surface area (Å²) in [6.07, 6.45) is 4.69. The Kier molecular flexibility index (Phi) is 5.32. The molecule has 0 aliphatic carbocycles. The third-order valence-electron chi connectivity index (χ3n) is 2.25. The maximum absolute atomic E-state index is 7.26. The third kappa shape index (κ3) is 4.29. The average molecular weight is 221 g/mol. The molecule has 0 saturated heterocycles. The average Bonchev–Trinajstić information content (AvgIpc) is 2.29. The summed E-state index contributed by atoms with van der Waals surface area (Å²) in [6, 6.07) is 5.28. The molecule has 0 bridgehead atoms. The summed E-state index contributed by atoms with van der Waals surface area (Å²) in [5.41, 5.74) is 5.81. The summed E-state index contributed by atoms with van der Waals surface area (Å²) in [4.78, 5) is 4.12. The second kappa shape index (κ2) is 6.82. The molecule has 88 valence electrons. The minimum Gasteiger partial charge on any atom is -0.478 e. The lowest BCUT2D eigenvalue weighted by molar-refractivity contribution is 0.293. The van der Waals surface area contributed by atoms with Crippen LogP contribution >= 0.6 is 0 Å². The van der Waals surface area contributed by atoms with E-state index in [1.165, 1.54) is 19.3 Å². The van der Waals surface area contributed by atoms with Crippen LogP contribution in [0.15, 0.2) is 18.2 Å². The van der Waals surface area contributed by atoms with Crippen LogP contribution in [0.4, 0.5) is 0 Å². The molecule has 0 unspecified atom stereocenters. The number of nitrogens with two attached hydrogens (primary N) is 1. The lowest BCUT2D eigenvalue weighted by atomic mass is 10.2. The van der Waals surface area contributed by atoms with Gasteiger partial charge in [-0.05, 0) is 12.5 Å². The summed E-state index contributed by atoms with van der Waals surface area (Å²) in [5.74, 6) is 0.514. The van der Waals surface area contributed by atoms with Crippen molar-refractivity contribution >= 4 is 5.84 Å². The fourth-order valence-electron chi connectivity index (χ4n) is 1.35. The molecule has 0 aliphatic heterocycles. The van der Waals surface area contributed by atoms with E-state index in [9.17, 15) is 0 Å². The highest BCUT2D eigenvalue weighted by Crippen LogP contribution is 2.08. The second-order valence-corrected chi connectivity index (χ2v) is 3.68. The standard InChI is InChI=1S/C12H19N3O/c1-2-3-4-5-9-16-11-8-6-7-10(15-11)12(13)14/h6-8H,2-5,9H2,1H3,(H3,13,14). The van der Waals surface area contributed by atoms with Crippen LogP contribution in [0.1, 0.15) is 38.3 Å². The zero-order chi connectivity index (χ0) is 11.8. The van der Waals surface area contributed by atoms with E-state index >= 15 is 0 Å². The molecule has 1 heterocycles. The van der Waals surface area contributed by atoms with Crippen molar-refractivity contribution < 1.29 is 4.74 Å². The highest BCUT2D eigenvalue weighted by atomic mass is 16.5. The minimum absolute atomic E-state index is 0.0311. The highest BCUT2D eigenvalue weighted by molar-refractivity contribution is 5.93. The molecular weight excluding hydrogens is 202 g/mol. The molecule has 4 nitrogen and oxygen atoms in total. The zero-order valence-electron chi connectivity index (χ0n) is 9.70. The Balaban J connectivity index is 2.36. The lowest BCUT2D eigenvalue weighted by Gasteiger charge is -2.06. The lowest BCUT2D eigenvalue weighted by Crippen LogP contribution is -2.13. The van der Waals surface area contributed by atoms with E-state index in [2.05, 4.69) is 11.9 Å².